The number of nitrogens with zero attached hydrogens (tertiary/aromatic N) is 1. The molecule has 1 N–H and O–H groups in total. The number of anilines is 1. The van der Waals surface area contributed by atoms with Crippen molar-refractivity contribution in [3.8, 4) is 0 Å². The van der Waals surface area contributed by atoms with Crippen LogP contribution in [0.1, 0.15) is 33.4 Å². The number of amides is 2. The quantitative estimate of drug-likeness (QED) is 0.513. The number of aryl methyl sites for hydroxylation is 3. The molecule has 3 aromatic carbocycles. The average Bonchev–Trinajstić information content (AvgIpc) is 3.02. The summed E-state index contributed by atoms with van der Waals surface area (Å²) >= 11 is 0. The van der Waals surface area contributed by atoms with Gasteiger partial charge in [0, 0.05) is 12.2 Å². The maximum atomic E-state index is 13.5. The highest BCUT2D eigenvalue weighted by Crippen LogP contribution is 2.32. The van der Waals surface area contributed by atoms with Gasteiger partial charge in [-0.05, 0) is 85.7 Å². The largest absolute Gasteiger partial charge is 0.350 e. The molecule has 1 heterocycles. The maximum absolute atomic E-state index is 13.5. The van der Waals surface area contributed by atoms with Crippen LogP contribution in [0.2, 0.25) is 0 Å². The van der Waals surface area contributed by atoms with Crippen molar-refractivity contribution in [2.45, 2.75) is 34.1 Å². The molecule has 168 valence electrons. The number of hydrogen-bond acceptors (Lipinski definition) is 3. The molecular weight excluding hydrogens is 415 g/mol. The highest BCUT2D eigenvalue weighted by molar-refractivity contribution is 6.36. The van der Waals surface area contributed by atoms with Crippen LogP contribution in [0, 0.1) is 33.5 Å². The number of halogens is 1. The predicted molar refractivity (Wildman–Crippen MR) is 129 cm³/mol. The molecule has 4 rings (SSSR count). The molecule has 1 aliphatic rings. The summed E-state index contributed by atoms with van der Waals surface area (Å²) in [5, 5.41) is 3.27. The molecule has 0 saturated heterocycles. The Balaban J connectivity index is 1.71. The summed E-state index contributed by atoms with van der Waals surface area (Å²) in [6, 6.07) is 17.8. The third kappa shape index (κ3) is 4.44. The van der Waals surface area contributed by atoms with E-state index in [1.165, 1.54) is 17.0 Å². The van der Waals surface area contributed by atoms with E-state index in [0.29, 0.717) is 17.6 Å². The van der Waals surface area contributed by atoms with E-state index in [1.54, 1.807) is 12.1 Å². The number of benzene rings is 3. The molecule has 5 heteroatoms. The monoisotopic (exact) mass is 442 g/mol. The zero-order chi connectivity index (χ0) is 23.7. The second-order valence-corrected chi connectivity index (χ2v) is 8.56. The lowest BCUT2D eigenvalue weighted by molar-refractivity contribution is -0.136. The lowest BCUT2D eigenvalue weighted by Crippen LogP contribution is -2.34. The van der Waals surface area contributed by atoms with Gasteiger partial charge in [-0.25, -0.2) is 4.39 Å². The summed E-state index contributed by atoms with van der Waals surface area (Å²) in [4.78, 5) is 28.2. The van der Waals surface area contributed by atoms with Gasteiger partial charge >= 0.3 is 0 Å². The molecule has 0 fully saturated rings. The van der Waals surface area contributed by atoms with Gasteiger partial charge in [-0.1, -0.05) is 42.5 Å². The second-order valence-electron chi connectivity index (χ2n) is 8.56. The van der Waals surface area contributed by atoms with Crippen molar-refractivity contribution in [3.63, 3.8) is 0 Å². The minimum absolute atomic E-state index is 0.218. The topological polar surface area (TPSA) is 49.4 Å². The SMILES string of the molecule is Cc1ccc(C2=C(Nc3cccc(C)c3C)C(=O)N(CCc3ccc(F)cc3)C2=O)cc1C. The van der Waals surface area contributed by atoms with Gasteiger partial charge in [0.1, 0.15) is 11.5 Å². The molecule has 4 nitrogen and oxygen atoms in total. The van der Waals surface area contributed by atoms with Crippen molar-refractivity contribution < 1.29 is 14.0 Å². The Labute approximate surface area is 193 Å². The lowest BCUT2D eigenvalue weighted by atomic mass is 9.99. The van der Waals surface area contributed by atoms with E-state index in [0.717, 1.165) is 33.5 Å². The lowest BCUT2D eigenvalue weighted by Gasteiger charge is -2.16. The van der Waals surface area contributed by atoms with E-state index in [9.17, 15) is 14.0 Å². The van der Waals surface area contributed by atoms with Gasteiger partial charge in [-0.3, -0.25) is 14.5 Å². The van der Waals surface area contributed by atoms with Crippen LogP contribution in [0.5, 0.6) is 0 Å². The molecule has 3 aromatic rings. The fourth-order valence-electron chi connectivity index (χ4n) is 3.97. The number of hydrogen-bond donors (Lipinski definition) is 1. The van der Waals surface area contributed by atoms with Crippen LogP contribution in [0.15, 0.2) is 66.4 Å². The van der Waals surface area contributed by atoms with Crippen LogP contribution in [-0.4, -0.2) is 23.3 Å². The maximum Gasteiger partial charge on any atom is 0.278 e. The molecule has 0 atom stereocenters. The fraction of sp³-hybridized carbons (Fsp3) is 0.214. The highest BCUT2D eigenvalue weighted by Gasteiger charge is 2.39. The predicted octanol–water partition coefficient (Wildman–Crippen LogP) is 5.49. The van der Waals surface area contributed by atoms with E-state index >= 15 is 0 Å². The molecule has 1 aliphatic heterocycles. The van der Waals surface area contributed by atoms with E-state index in [1.807, 2.05) is 64.1 Å². The van der Waals surface area contributed by atoms with Crippen molar-refractivity contribution in [3.05, 3.63) is 106 Å². The summed E-state index contributed by atoms with van der Waals surface area (Å²) < 4.78 is 13.2. The van der Waals surface area contributed by atoms with E-state index in [4.69, 9.17) is 0 Å². The van der Waals surface area contributed by atoms with Gasteiger partial charge in [-0.15, -0.1) is 0 Å². The van der Waals surface area contributed by atoms with Gasteiger partial charge in [-0.2, -0.15) is 0 Å². The Hall–Kier alpha value is -3.73. The number of carbonyl (C=O) groups is 2. The molecule has 0 bridgehead atoms. The smallest absolute Gasteiger partial charge is 0.278 e. The number of carbonyl (C=O) groups excluding carboxylic acids is 2. The highest BCUT2D eigenvalue weighted by atomic mass is 19.1. The van der Waals surface area contributed by atoms with Crippen molar-refractivity contribution in [1.82, 2.24) is 4.90 Å². The zero-order valence-corrected chi connectivity index (χ0v) is 19.3. The van der Waals surface area contributed by atoms with Crippen molar-refractivity contribution in [2.24, 2.45) is 0 Å². The molecule has 0 aromatic heterocycles. The molecular formula is C28H27FN2O2. The Morgan fingerprint density at radius 3 is 2.24 bits per heavy atom. The number of imide groups is 1. The van der Waals surface area contributed by atoms with Gasteiger partial charge in [0.05, 0.1) is 5.57 Å². The first kappa shape index (κ1) is 22.5. The van der Waals surface area contributed by atoms with Crippen LogP contribution < -0.4 is 5.32 Å². The van der Waals surface area contributed by atoms with Crippen LogP contribution in [0.3, 0.4) is 0 Å². The summed E-state index contributed by atoms with van der Waals surface area (Å²) in [6.07, 6.45) is 0.453. The molecule has 0 radical (unpaired) electrons. The van der Waals surface area contributed by atoms with Crippen LogP contribution in [0.25, 0.3) is 5.57 Å². The first-order chi connectivity index (χ1) is 15.8. The van der Waals surface area contributed by atoms with Crippen LogP contribution in [-0.2, 0) is 16.0 Å². The standard InChI is InChI=1S/C28H27FN2O2/c1-17-8-11-22(16-19(17)3)25-26(30-24-7-5-6-18(2)20(24)4)28(33)31(27(25)32)15-14-21-9-12-23(29)13-10-21/h5-13,16,30H,14-15H2,1-4H3. The van der Waals surface area contributed by atoms with Crippen molar-refractivity contribution >= 4 is 23.1 Å². The number of nitrogens with one attached hydrogen (secondary N) is 1. The van der Waals surface area contributed by atoms with Gasteiger partial charge in [0.2, 0.25) is 0 Å². The second kappa shape index (κ2) is 9.02. The summed E-state index contributed by atoms with van der Waals surface area (Å²) in [7, 11) is 0. The summed E-state index contributed by atoms with van der Waals surface area (Å²) in [5.41, 5.74) is 7.33. The summed E-state index contributed by atoms with van der Waals surface area (Å²) in [6.45, 7) is 8.22. The van der Waals surface area contributed by atoms with Crippen LogP contribution >= 0.6 is 0 Å². The molecule has 0 aliphatic carbocycles. The number of rotatable bonds is 6. The van der Waals surface area contributed by atoms with Gasteiger partial charge in [0.15, 0.2) is 0 Å². The average molecular weight is 443 g/mol. The van der Waals surface area contributed by atoms with Gasteiger partial charge < -0.3 is 5.32 Å². The van der Waals surface area contributed by atoms with E-state index in [2.05, 4.69) is 5.32 Å². The van der Waals surface area contributed by atoms with Crippen LogP contribution in [0.4, 0.5) is 10.1 Å². The first-order valence-electron chi connectivity index (χ1n) is 11.0. The van der Waals surface area contributed by atoms with E-state index in [-0.39, 0.29) is 29.9 Å². The molecule has 2 amide bonds. The Kier molecular flexibility index (Phi) is 6.14. The third-order valence-electron chi connectivity index (χ3n) is 6.37. The molecule has 33 heavy (non-hydrogen) atoms. The molecule has 0 saturated carbocycles. The Morgan fingerprint density at radius 2 is 1.55 bits per heavy atom. The molecule has 0 unspecified atom stereocenters. The van der Waals surface area contributed by atoms with Gasteiger partial charge in [0.25, 0.3) is 11.8 Å². The van der Waals surface area contributed by atoms with E-state index < -0.39 is 0 Å². The fourth-order valence-corrected chi connectivity index (χ4v) is 3.97. The normalized spacial score (nSPS) is 13.8. The minimum Gasteiger partial charge on any atom is -0.350 e. The first-order valence-corrected chi connectivity index (χ1v) is 11.0. The molecule has 0 spiro atoms. The minimum atomic E-state index is -0.351. The summed E-state index contributed by atoms with van der Waals surface area (Å²) in [5.74, 6) is -0.986. The van der Waals surface area contributed by atoms with Crippen molar-refractivity contribution in [2.75, 3.05) is 11.9 Å². The third-order valence-corrected chi connectivity index (χ3v) is 6.37. The Bertz CT molecular complexity index is 1280. The Morgan fingerprint density at radius 1 is 0.818 bits per heavy atom. The zero-order valence-electron chi connectivity index (χ0n) is 19.3. The van der Waals surface area contributed by atoms with Crippen molar-refractivity contribution in [1.29, 1.82) is 0 Å².